The fourth-order valence-corrected chi connectivity index (χ4v) is 3.28. The summed E-state index contributed by atoms with van der Waals surface area (Å²) < 4.78 is 16.1. The Morgan fingerprint density at radius 3 is 2.64 bits per heavy atom. The van der Waals surface area contributed by atoms with E-state index in [0.29, 0.717) is 23.5 Å². The van der Waals surface area contributed by atoms with Crippen LogP contribution in [0, 0.1) is 12.7 Å². The predicted octanol–water partition coefficient (Wildman–Crippen LogP) is 4.46. The summed E-state index contributed by atoms with van der Waals surface area (Å²) in [7, 11) is 0. The molecule has 4 nitrogen and oxygen atoms in total. The van der Waals surface area contributed by atoms with Crippen molar-refractivity contribution in [2.75, 3.05) is 0 Å². The summed E-state index contributed by atoms with van der Waals surface area (Å²) in [6, 6.07) is 21.9. The average molecular weight is 373 g/mol. The maximum Gasteiger partial charge on any atom is 0.251 e. The van der Waals surface area contributed by atoms with Gasteiger partial charge in [0.15, 0.2) is 0 Å². The molecule has 0 aliphatic rings. The molecule has 4 rings (SSSR count). The van der Waals surface area contributed by atoms with E-state index in [9.17, 15) is 9.18 Å². The number of aryl methyl sites for hydroxylation is 1. The van der Waals surface area contributed by atoms with Crippen LogP contribution in [0.5, 0.6) is 0 Å². The highest BCUT2D eigenvalue weighted by Crippen LogP contribution is 2.19. The van der Waals surface area contributed by atoms with Gasteiger partial charge in [-0.1, -0.05) is 48.0 Å². The third kappa shape index (κ3) is 3.64. The van der Waals surface area contributed by atoms with Crippen LogP contribution in [0.1, 0.15) is 27.3 Å². The molecule has 0 saturated heterocycles. The van der Waals surface area contributed by atoms with Crippen molar-refractivity contribution >= 4 is 16.9 Å². The van der Waals surface area contributed by atoms with Crippen molar-refractivity contribution in [2.45, 2.75) is 20.0 Å². The zero-order valence-electron chi connectivity index (χ0n) is 15.5. The lowest BCUT2D eigenvalue weighted by Crippen LogP contribution is -2.25. The SMILES string of the molecule is Cc1cccc(C(=O)NCc2nc3ccccc3n2Cc2ccccc2F)c1. The molecule has 1 amide bonds. The number of carbonyl (C=O) groups is 1. The lowest BCUT2D eigenvalue weighted by atomic mass is 10.1. The highest BCUT2D eigenvalue weighted by molar-refractivity contribution is 5.94. The summed E-state index contributed by atoms with van der Waals surface area (Å²) in [5.74, 6) is 0.272. The van der Waals surface area contributed by atoms with Gasteiger partial charge in [-0.05, 0) is 37.3 Å². The van der Waals surface area contributed by atoms with E-state index in [2.05, 4.69) is 10.3 Å². The van der Waals surface area contributed by atoms with Gasteiger partial charge in [0.2, 0.25) is 0 Å². The number of carbonyl (C=O) groups excluding carboxylic acids is 1. The Bertz CT molecular complexity index is 1150. The van der Waals surface area contributed by atoms with Gasteiger partial charge in [0.25, 0.3) is 5.91 Å². The highest BCUT2D eigenvalue weighted by Gasteiger charge is 2.14. The molecule has 1 N–H and O–H groups in total. The van der Waals surface area contributed by atoms with Crippen LogP contribution in [0.3, 0.4) is 0 Å². The fraction of sp³-hybridized carbons (Fsp3) is 0.130. The number of para-hydroxylation sites is 2. The van der Waals surface area contributed by atoms with Crippen molar-refractivity contribution in [3.63, 3.8) is 0 Å². The first-order chi connectivity index (χ1) is 13.6. The lowest BCUT2D eigenvalue weighted by molar-refractivity contribution is 0.0949. The summed E-state index contributed by atoms with van der Waals surface area (Å²) in [4.78, 5) is 17.1. The molecule has 0 bridgehead atoms. The number of benzene rings is 3. The van der Waals surface area contributed by atoms with Crippen LogP contribution in [-0.4, -0.2) is 15.5 Å². The first kappa shape index (κ1) is 17.9. The molecule has 0 aliphatic heterocycles. The quantitative estimate of drug-likeness (QED) is 0.561. The number of hydrogen-bond acceptors (Lipinski definition) is 2. The first-order valence-electron chi connectivity index (χ1n) is 9.14. The molecule has 28 heavy (non-hydrogen) atoms. The minimum Gasteiger partial charge on any atom is -0.345 e. The maximum absolute atomic E-state index is 14.2. The largest absolute Gasteiger partial charge is 0.345 e. The van der Waals surface area contributed by atoms with Crippen LogP contribution in [0.2, 0.25) is 0 Å². The van der Waals surface area contributed by atoms with E-state index in [1.54, 1.807) is 18.2 Å². The van der Waals surface area contributed by atoms with Crippen molar-refractivity contribution in [2.24, 2.45) is 0 Å². The van der Waals surface area contributed by atoms with Crippen LogP contribution in [0.25, 0.3) is 11.0 Å². The molecule has 3 aromatic carbocycles. The number of amides is 1. The summed E-state index contributed by atoms with van der Waals surface area (Å²) in [5.41, 5.74) is 3.94. The Labute approximate surface area is 162 Å². The number of fused-ring (bicyclic) bond motifs is 1. The molecule has 0 radical (unpaired) electrons. The minimum atomic E-state index is -0.255. The predicted molar refractivity (Wildman–Crippen MR) is 108 cm³/mol. The molecule has 1 heterocycles. The summed E-state index contributed by atoms with van der Waals surface area (Å²) in [6.07, 6.45) is 0. The summed E-state index contributed by atoms with van der Waals surface area (Å²) >= 11 is 0. The number of aromatic nitrogens is 2. The molecule has 0 fully saturated rings. The second-order valence-electron chi connectivity index (χ2n) is 6.75. The molecule has 140 valence electrons. The Balaban J connectivity index is 1.63. The van der Waals surface area contributed by atoms with Gasteiger partial charge in [-0.3, -0.25) is 4.79 Å². The third-order valence-corrected chi connectivity index (χ3v) is 4.71. The number of halogens is 1. The Kier molecular flexibility index (Phi) is 4.89. The maximum atomic E-state index is 14.2. The minimum absolute atomic E-state index is 0.159. The monoisotopic (exact) mass is 373 g/mol. The van der Waals surface area contributed by atoms with Gasteiger partial charge < -0.3 is 9.88 Å². The van der Waals surface area contributed by atoms with E-state index in [1.807, 2.05) is 60.0 Å². The second kappa shape index (κ2) is 7.64. The molecular weight excluding hydrogens is 353 g/mol. The number of imidazole rings is 1. The number of rotatable bonds is 5. The first-order valence-corrected chi connectivity index (χ1v) is 9.14. The Morgan fingerprint density at radius 1 is 1.04 bits per heavy atom. The molecule has 1 aromatic heterocycles. The highest BCUT2D eigenvalue weighted by atomic mass is 19.1. The zero-order valence-corrected chi connectivity index (χ0v) is 15.5. The van der Waals surface area contributed by atoms with E-state index < -0.39 is 0 Å². The average Bonchev–Trinajstić information content (AvgIpc) is 3.05. The molecule has 4 aromatic rings. The molecule has 0 saturated carbocycles. The van der Waals surface area contributed by atoms with Crippen molar-refractivity contribution in [1.82, 2.24) is 14.9 Å². The fourth-order valence-electron chi connectivity index (χ4n) is 3.28. The Hall–Kier alpha value is -3.47. The summed E-state index contributed by atoms with van der Waals surface area (Å²) in [5, 5.41) is 2.93. The van der Waals surface area contributed by atoms with Gasteiger partial charge in [0.05, 0.1) is 24.1 Å². The second-order valence-corrected chi connectivity index (χ2v) is 6.75. The topological polar surface area (TPSA) is 46.9 Å². The van der Waals surface area contributed by atoms with Crippen LogP contribution in [-0.2, 0) is 13.1 Å². The van der Waals surface area contributed by atoms with Gasteiger partial charge >= 0.3 is 0 Å². The zero-order chi connectivity index (χ0) is 19.5. The van der Waals surface area contributed by atoms with E-state index in [4.69, 9.17) is 0 Å². The van der Waals surface area contributed by atoms with Gasteiger partial charge in [-0.25, -0.2) is 9.37 Å². The molecule has 0 atom stereocenters. The van der Waals surface area contributed by atoms with Crippen molar-refractivity contribution in [3.8, 4) is 0 Å². The molecule has 0 unspecified atom stereocenters. The van der Waals surface area contributed by atoms with Gasteiger partial charge in [-0.15, -0.1) is 0 Å². The van der Waals surface area contributed by atoms with E-state index >= 15 is 0 Å². The van der Waals surface area contributed by atoms with Crippen LogP contribution in [0.4, 0.5) is 4.39 Å². The van der Waals surface area contributed by atoms with Crippen LogP contribution >= 0.6 is 0 Å². The standard InChI is InChI=1S/C23H20FN3O/c1-16-7-6-9-17(13-16)23(28)25-14-22-26-20-11-4-5-12-21(20)27(22)15-18-8-2-3-10-19(18)24/h2-13H,14-15H2,1H3,(H,25,28). The molecular formula is C23H20FN3O. The third-order valence-electron chi connectivity index (χ3n) is 4.71. The van der Waals surface area contributed by atoms with Gasteiger partial charge in [-0.2, -0.15) is 0 Å². The van der Waals surface area contributed by atoms with E-state index in [-0.39, 0.29) is 18.3 Å². The van der Waals surface area contributed by atoms with Crippen LogP contribution in [0.15, 0.2) is 72.8 Å². The number of hydrogen-bond donors (Lipinski definition) is 1. The normalized spacial score (nSPS) is 10.9. The number of nitrogens with zero attached hydrogens (tertiary/aromatic N) is 2. The van der Waals surface area contributed by atoms with Crippen molar-refractivity contribution in [1.29, 1.82) is 0 Å². The summed E-state index contributed by atoms with van der Waals surface area (Å²) in [6.45, 7) is 2.56. The molecule has 0 spiro atoms. The Morgan fingerprint density at radius 2 is 1.82 bits per heavy atom. The van der Waals surface area contributed by atoms with Gasteiger partial charge in [0.1, 0.15) is 11.6 Å². The van der Waals surface area contributed by atoms with Crippen molar-refractivity contribution < 1.29 is 9.18 Å². The van der Waals surface area contributed by atoms with E-state index in [0.717, 1.165) is 16.6 Å². The smallest absolute Gasteiger partial charge is 0.251 e. The molecule has 5 heteroatoms. The lowest BCUT2D eigenvalue weighted by Gasteiger charge is -2.11. The van der Waals surface area contributed by atoms with Crippen molar-refractivity contribution in [3.05, 3.63) is 101 Å². The van der Waals surface area contributed by atoms with E-state index in [1.165, 1.54) is 6.07 Å². The molecule has 0 aliphatic carbocycles. The number of nitrogens with one attached hydrogen (secondary N) is 1. The van der Waals surface area contributed by atoms with Crippen LogP contribution < -0.4 is 5.32 Å². The van der Waals surface area contributed by atoms with Gasteiger partial charge in [0, 0.05) is 11.1 Å².